The van der Waals surface area contributed by atoms with Crippen LogP contribution in [-0.2, 0) is 6.54 Å². The first-order valence-corrected chi connectivity index (χ1v) is 4.10. The fraction of sp³-hybridized carbons (Fsp3) is 0.625. The summed E-state index contributed by atoms with van der Waals surface area (Å²) >= 11 is 0. The molecule has 2 rings (SSSR count). The molecule has 0 aromatic carbocycles. The molecule has 0 bridgehead atoms. The Morgan fingerprint density at radius 2 is 2.58 bits per heavy atom. The minimum atomic E-state index is -0.350. The zero-order valence-electron chi connectivity index (χ0n) is 7.28. The van der Waals surface area contributed by atoms with E-state index in [-0.39, 0.29) is 12.1 Å². The van der Waals surface area contributed by atoms with Crippen molar-refractivity contribution in [3.8, 4) is 0 Å². The normalized spacial score (nSPS) is 25.8. The molecular weight excluding hydrogens is 154 g/mol. The van der Waals surface area contributed by atoms with Gasteiger partial charge in [0.2, 0.25) is 0 Å². The number of hydrogen-bond acceptors (Lipinski definition) is 3. The minimum absolute atomic E-state index is 0.0856. The average molecular weight is 167 g/mol. The highest BCUT2D eigenvalue weighted by Gasteiger charge is 2.32. The van der Waals surface area contributed by atoms with E-state index in [1.165, 1.54) is 5.56 Å². The lowest BCUT2D eigenvalue weighted by Gasteiger charge is -2.22. The molecule has 1 aromatic heterocycles. The van der Waals surface area contributed by atoms with Crippen molar-refractivity contribution < 1.29 is 5.11 Å². The quantitative estimate of drug-likeness (QED) is 0.631. The molecule has 1 aromatic rings. The van der Waals surface area contributed by atoms with Crippen molar-refractivity contribution in [1.29, 1.82) is 0 Å². The summed E-state index contributed by atoms with van der Waals surface area (Å²) in [5.74, 6) is 0. The van der Waals surface area contributed by atoms with E-state index in [2.05, 4.69) is 15.1 Å². The van der Waals surface area contributed by atoms with Crippen molar-refractivity contribution in [3.63, 3.8) is 0 Å². The molecule has 1 aliphatic rings. The Labute approximate surface area is 71.2 Å². The molecule has 2 N–H and O–H groups in total. The van der Waals surface area contributed by atoms with Crippen LogP contribution in [0.4, 0.5) is 0 Å². The molecule has 0 radical (unpaired) electrons. The highest BCUT2D eigenvalue weighted by atomic mass is 16.3. The molecule has 12 heavy (non-hydrogen) atoms. The molecule has 0 saturated carbocycles. The zero-order chi connectivity index (χ0) is 8.72. The van der Waals surface area contributed by atoms with E-state index in [0.29, 0.717) is 0 Å². The summed E-state index contributed by atoms with van der Waals surface area (Å²) in [6.07, 6.45) is 1.48. The summed E-state index contributed by atoms with van der Waals surface area (Å²) in [6.45, 7) is 2.68. The monoisotopic (exact) mass is 167 g/mol. The Bertz CT molecular complexity index is 282. The molecule has 1 aliphatic heterocycles. The molecule has 4 nitrogen and oxygen atoms in total. The molecular formula is C8H13N3O. The van der Waals surface area contributed by atoms with Gasteiger partial charge in [0.05, 0.1) is 24.0 Å². The number of H-pyrrole nitrogens is 1. The van der Waals surface area contributed by atoms with Gasteiger partial charge in [0.1, 0.15) is 0 Å². The number of aromatic amines is 1. The molecule has 0 amide bonds. The number of nitrogens with zero attached hydrogens (tertiary/aromatic N) is 2. The summed E-state index contributed by atoms with van der Waals surface area (Å²) in [5.41, 5.74) is 2.26. The highest BCUT2D eigenvalue weighted by molar-refractivity contribution is 5.25. The van der Waals surface area contributed by atoms with E-state index >= 15 is 0 Å². The lowest BCUT2D eigenvalue weighted by Crippen LogP contribution is -2.26. The third-order valence-electron chi connectivity index (χ3n) is 2.40. The second-order valence-electron chi connectivity index (χ2n) is 3.41. The largest absolute Gasteiger partial charge is 0.391 e. The third kappa shape index (κ3) is 0.956. The molecule has 0 aliphatic carbocycles. The molecule has 0 fully saturated rings. The van der Waals surface area contributed by atoms with Crippen molar-refractivity contribution in [2.75, 3.05) is 7.05 Å². The molecule has 4 heteroatoms. The Balaban J connectivity index is 2.35. The van der Waals surface area contributed by atoms with E-state index in [1.54, 1.807) is 6.92 Å². The molecule has 66 valence electrons. The van der Waals surface area contributed by atoms with Crippen LogP contribution in [0, 0.1) is 0 Å². The number of fused-ring (bicyclic) bond motifs is 1. The summed E-state index contributed by atoms with van der Waals surface area (Å²) < 4.78 is 0. The Kier molecular flexibility index (Phi) is 1.66. The van der Waals surface area contributed by atoms with Gasteiger partial charge in [-0.1, -0.05) is 0 Å². The van der Waals surface area contributed by atoms with Gasteiger partial charge in [-0.25, -0.2) is 0 Å². The second kappa shape index (κ2) is 2.57. The van der Waals surface area contributed by atoms with Gasteiger partial charge in [-0.3, -0.25) is 10.00 Å². The number of likely N-dealkylation sites (N-methyl/N-ethyl adjacent to an activating group) is 1. The van der Waals surface area contributed by atoms with Crippen molar-refractivity contribution in [3.05, 3.63) is 17.5 Å². The Morgan fingerprint density at radius 1 is 1.83 bits per heavy atom. The summed E-state index contributed by atoms with van der Waals surface area (Å²) in [4.78, 5) is 2.12. The van der Waals surface area contributed by atoms with Crippen LogP contribution in [0.1, 0.15) is 24.2 Å². The van der Waals surface area contributed by atoms with Crippen molar-refractivity contribution in [1.82, 2.24) is 15.1 Å². The van der Waals surface area contributed by atoms with Gasteiger partial charge >= 0.3 is 0 Å². The van der Waals surface area contributed by atoms with Crippen LogP contribution in [0.2, 0.25) is 0 Å². The van der Waals surface area contributed by atoms with Gasteiger partial charge in [0.15, 0.2) is 0 Å². The van der Waals surface area contributed by atoms with Gasteiger partial charge in [0.25, 0.3) is 0 Å². The first-order valence-electron chi connectivity index (χ1n) is 4.10. The molecule has 0 saturated heterocycles. The van der Waals surface area contributed by atoms with E-state index in [0.717, 1.165) is 12.2 Å². The number of aromatic nitrogens is 2. The third-order valence-corrected chi connectivity index (χ3v) is 2.40. The second-order valence-corrected chi connectivity index (χ2v) is 3.41. The number of aliphatic hydroxyl groups is 1. The van der Waals surface area contributed by atoms with Gasteiger partial charge in [-0.2, -0.15) is 5.10 Å². The summed E-state index contributed by atoms with van der Waals surface area (Å²) in [7, 11) is 2.01. The summed E-state index contributed by atoms with van der Waals surface area (Å²) in [6, 6.07) is 0.0856. The summed E-state index contributed by atoms with van der Waals surface area (Å²) in [5, 5.41) is 16.4. The van der Waals surface area contributed by atoms with Crippen molar-refractivity contribution in [2.45, 2.75) is 25.6 Å². The van der Waals surface area contributed by atoms with Gasteiger partial charge in [0, 0.05) is 12.1 Å². The fourth-order valence-electron chi connectivity index (χ4n) is 1.90. The Morgan fingerprint density at radius 3 is 3.25 bits per heavy atom. The minimum Gasteiger partial charge on any atom is -0.391 e. The lowest BCUT2D eigenvalue weighted by molar-refractivity contribution is 0.0829. The first kappa shape index (κ1) is 7.76. The number of rotatable bonds is 1. The standard InChI is InChI=1S/C8H13N3O/c1-5(12)8-7-6(3-9-10-7)4-11(8)2/h3,5,8,12H,4H2,1-2H3,(H,9,10). The van der Waals surface area contributed by atoms with Gasteiger partial charge in [-0.05, 0) is 14.0 Å². The molecule has 2 atom stereocenters. The van der Waals surface area contributed by atoms with E-state index in [9.17, 15) is 5.11 Å². The predicted octanol–water partition coefficient (Wildman–Crippen LogP) is 0.277. The maximum atomic E-state index is 9.50. The zero-order valence-corrected chi connectivity index (χ0v) is 7.28. The maximum Gasteiger partial charge on any atom is 0.0778 e. The lowest BCUT2D eigenvalue weighted by atomic mass is 10.1. The van der Waals surface area contributed by atoms with Crippen LogP contribution in [0.15, 0.2) is 6.20 Å². The highest BCUT2D eigenvalue weighted by Crippen LogP contribution is 2.32. The first-order chi connectivity index (χ1) is 5.70. The average Bonchev–Trinajstić information content (AvgIpc) is 2.44. The van der Waals surface area contributed by atoms with Crippen LogP contribution in [0.3, 0.4) is 0 Å². The Hall–Kier alpha value is -0.870. The van der Waals surface area contributed by atoms with Crippen LogP contribution in [0.5, 0.6) is 0 Å². The SMILES string of the molecule is CC(O)C1c2[nH]ncc2CN1C. The molecule has 2 heterocycles. The fourth-order valence-corrected chi connectivity index (χ4v) is 1.90. The van der Waals surface area contributed by atoms with E-state index in [4.69, 9.17) is 0 Å². The number of nitrogens with one attached hydrogen (secondary N) is 1. The smallest absolute Gasteiger partial charge is 0.0778 e. The molecule has 0 spiro atoms. The topological polar surface area (TPSA) is 52.1 Å². The predicted molar refractivity (Wildman–Crippen MR) is 44.5 cm³/mol. The van der Waals surface area contributed by atoms with Crippen LogP contribution in [0.25, 0.3) is 0 Å². The van der Waals surface area contributed by atoms with Gasteiger partial charge < -0.3 is 5.11 Å². The van der Waals surface area contributed by atoms with Crippen molar-refractivity contribution in [2.24, 2.45) is 0 Å². The van der Waals surface area contributed by atoms with Crippen molar-refractivity contribution >= 4 is 0 Å². The maximum absolute atomic E-state index is 9.50. The molecule has 2 unspecified atom stereocenters. The van der Waals surface area contributed by atoms with E-state index in [1.807, 2.05) is 13.2 Å². The van der Waals surface area contributed by atoms with Crippen LogP contribution in [-0.4, -0.2) is 33.4 Å². The number of aliphatic hydroxyl groups excluding tert-OH is 1. The number of hydrogen-bond donors (Lipinski definition) is 2. The van der Waals surface area contributed by atoms with Gasteiger partial charge in [-0.15, -0.1) is 0 Å². The van der Waals surface area contributed by atoms with E-state index < -0.39 is 0 Å². The van der Waals surface area contributed by atoms with Crippen LogP contribution < -0.4 is 0 Å². The van der Waals surface area contributed by atoms with Crippen LogP contribution >= 0.6 is 0 Å².